The van der Waals surface area contributed by atoms with Crippen LogP contribution in [0.25, 0.3) is 0 Å². The average molecular weight is 624 g/mol. The van der Waals surface area contributed by atoms with Crippen molar-refractivity contribution >= 4 is 23.9 Å². The molecule has 0 spiro atoms. The quantitative estimate of drug-likeness (QED) is 0.132. The van der Waals surface area contributed by atoms with E-state index in [9.17, 15) is 19.2 Å². The smallest absolute Gasteiger partial charge is 1.00 e. The van der Waals surface area contributed by atoms with Gasteiger partial charge in [0.05, 0.1) is 62.0 Å². The zero-order chi connectivity index (χ0) is 31.8. The van der Waals surface area contributed by atoms with Crippen molar-refractivity contribution < 1.29 is 80.8 Å². The molecule has 0 saturated heterocycles. The molecule has 0 aliphatic carbocycles. The summed E-state index contributed by atoms with van der Waals surface area (Å²) in [4.78, 5) is 43.6. The SMILES string of the molecule is CC(C)C[C@H](C#N)CC(=O)O.CCOC(=O)C(C(=O)O)[C@@H](C#N)CC(C)C.CCOC(=O)C[C@@H](C#N)CC(C)C.[Cl-].[Na+]. The summed E-state index contributed by atoms with van der Waals surface area (Å²) in [7, 11) is 0. The van der Waals surface area contributed by atoms with Gasteiger partial charge in [-0.25, -0.2) is 0 Å². The molecular weight excluding hydrogens is 577 g/mol. The van der Waals surface area contributed by atoms with E-state index in [0.29, 0.717) is 31.3 Å². The van der Waals surface area contributed by atoms with Crippen LogP contribution in [0.3, 0.4) is 0 Å². The Morgan fingerprint density at radius 1 is 0.690 bits per heavy atom. The molecule has 0 aliphatic rings. The molecule has 0 saturated carbocycles. The number of halogens is 1. The van der Waals surface area contributed by atoms with Gasteiger partial charge in [-0.05, 0) is 50.9 Å². The van der Waals surface area contributed by atoms with Crippen LogP contribution in [0.5, 0.6) is 0 Å². The number of aliphatic carboxylic acids is 2. The largest absolute Gasteiger partial charge is 1.00 e. The fourth-order valence-corrected chi connectivity index (χ4v) is 3.57. The second-order valence-corrected chi connectivity index (χ2v) is 10.5. The minimum absolute atomic E-state index is 0. The predicted molar refractivity (Wildman–Crippen MR) is 147 cm³/mol. The maximum Gasteiger partial charge on any atom is 1.00 e. The number of carbonyl (C=O) groups is 4. The van der Waals surface area contributed by atoms with Crippen LogP contribution in [0.2, 0.25) is 0 Å². The molecule has 0 aromatic rings. The topological polar surface area (TPSA) is 199 Å². The minimum atomic E-state index is -1.38. The standard InChI is InChI=1S/C11H17NO4.C10H17NO2.C8H13NO2.ClH.Na/c1-4-16-11(15)9(10(13)14)8(6-12)5-7(2)3;1-4-13-10(12)6-9(7-11)5-8(2)3;1-6(2)3-7(5-9)4-8(10)11;;/h7-9H,4-5H2,1-3H3,(H,13,14);8-9H,4-6H2,1-3H3;6-7H,3-4H2,1-2H3,(H,10,11);1H;/q;;;;+1/p-1/t8-,9?;9-;7-;;/m100../s1. The summed E-state index contributed by atoms with van der Waals surface area (Å²) in [6.07, 6.45) is 1.99. The minimum Gasteiger partial charge on any atom is -1.00 e. The Balaban J connectivity index is -0.000000162. The van der Waals surface area contributed by atoms with E-state index in [1.54, 1.807) is 13.8 Å². The number of carboxylic acids is 2. The molecule has 0 fully saturated rings. The van der Waals surface area contributed by atoms with Crippen LogP contribution < -0.4 is 42.0 Å². The van der Waals surface area contributed by atoms with Crippen molar-refractivity contribution in [3.05, 3.63) is 0 Å². The molecule has 0 amide bonds. The van der Waals surface area contributed by atoms with Gasteiger partial charge in [-0.15, -0.1) is 0 Å². The molecule has 13 heteroatoms. The normalized spacial score (nSPS) is 12.4. The second kappa shape index (κ2) is 30.1. The summed E-state index contributed by atoms with van der Waals surface area (Å²) in [6.45, 7) is 15.6. The molecule has 2 N–H and O–H groups in total. The van der Waals surface area contributed by atoms with Crippen LogP contribution in [0.15, 0.2) is 0 Å². The van der Waals surface area contributed by atoms with Gasteiger partial charge < -0.3 is 32.1 Å². The third kappa shape index (κ3) is 29.1. The van der Waals surface area contributed by atoms with Crippen LogP contribution in [-0.2, 0) is 28.7 Å². The first-order valence-electron chi connectivity index (χ1n) is 13.5. The van der Waals surface area contributed by atoms with Crippen molar-refractivity contribution in [1.29, 1.82) is 15.8 Å². The van der Waals surface area contributed by atoms with Crippen molar-refractivity contribution in [3.8, 4) is 18.2 Å². The number of esters is 2. The van der Waals surface area contributed by atoms with E-state index < -0.39 is 29.7 Å². The molecule has 1 unspecified atom stereocenters. The maximum atomic E-state index is 11.4. The molecule has 42 heavy (non-hydrogen) atoms. The van der Waals surface area contributed by atoms with E-state index >= 15 is 0 Å². The first-order chi connectivity index (χ1) is 18.6. The van der Waals surface area contributed by atoms with Crippen molar-refractivity contribution in [2.45, 2.75) is 87.5 Å². The molecule has 0 radical (unpaired) electrons. The third-order valence-corrected chi connectivity index (χ3v) is 5.12. The van der Waals surface area contributed by atoms with Crippen molar-refractivity contribution in [1.82, 2.24) is 0 Å². The molecule has 0 bridgehead atoms. The van der Waals surface area contributed by atoms with Crippen molar-refractivity contribution in [3.63, 3.8) is 0 Å². The zero-order valence-electron chi connectivity index (χ0n) is 26.6. The van der Waals surface area contributed by atoms with Crippen LogP contribution in [0, 0.1) is 75.4 Å². The Hall–Kier alpha value is -2.36. The number of carbonyl (C=O) groups excluding carboxylic acids is 2. The summed E-state index contributed by atoms with van der Waals surface area (Å²) >= 11 is 0. The van der Waals surface area contributed by atoms with Gasteiger partial charge in [0.1, 0.15) is 0 Å². The molecule has 0 rings (SSSR count). The fraction of sp³-hybridized carbons (Fsp3) is 0.759. The Labute approximate surface area is 279 Å². The summed E-state index contributed by atoms with van der Waals surface area (Å²) < 4.78 is 9.42. The third-order valence-electron chi connectivity index (χ3n) is 5.12. The molecule has 11 nitrogen and oxygen atoms in total. The molecule has 0 aliphatic heterocycles. The zero-order valence-corrected chi connectivity index (χ0v) is 29.3. The van der Waals surface area contributed by atoms with Crippen molar-refractivity contribution in [2.24, 2.45) is 41.4 Å². The van der Waals surface area contributed by atoms with Gasteiger partial charge in [-0.3, -0.25) is 19.2 Å². The Kier molecular flexibility index (Phi) is 35.4. The summed E-state index contributed by atoms with van der Waals surface area (Å²) in [5.74, 6) is -5.05. The fourth-order valence-electron chi connectivity index (χ4n) is 3.57. The summed E-state index contributed by atoms with van der Waals surface area (Å²) in [5.41, 5.74) is 0. The van der Waals surface area contributed by atoms with Gasteiger partial charge in [0.2, 0.25) is 0 Å². The molecule has 234 valence electrons. The number of carboxylic acid groups (broad SMARTS) is 2. The van der Waals surface area contributed by atoms with E-state index in [4.69, 9.17) is 30.7 Å². The number of hydrogen-bond donors (Lipinski definition) is 2. The predicted octanol–water partition coefficient (Wildman–Crippen LogP) is -0.783. The van der Waals surface area contributed by atoms with Crippen LogP contribution in [0.4, 0.5) is 0 Å². The first kappa shape index (κ1) is 49.3. The average Bonchev–Trinajstić information content (AvgIpc) is 2.82. The molecule has 4 atom stereocenters. The van der Waals surface area contributed by atoms with Gasteiger partial charge in [0, 0.05) is 0 Å². The van der Waals surface area contributed by atoms with E-state index in [0.717, 1.165) is 6.42 Å². The van der Waals surface area contributed by atoms with E-state index in [1.807, 2.05) is 53.7 Å². The summed E-state index contributed by atoms with van der Waals surface area (Å²) in [6, 6.07) is 5.98. The monoisotopic (exact) mass is 623 g/mol. The van der Waals surface area contributed by atoms with Crippen LogP contribution in [0.1, 0.15) is 87.5 Å². The van der Waals surface area contributed by atoms with Crippen LogP contribution in [-0.4, -0.2) is 47.3 Å². The number of nitriles is 3. The molecule has 0 aromatic heterocycles. The van der Waals surface area contributed by atoms with Crippen LogP contribution >= 0.6 is 0 Å². The summed E-state index contributed by atoms with van der Waals surface area (Å²) in [5, 5.41) is 43.4. The van der Waals surface area contributed by atoms with Crippen molar-refractivity contribution in [2.75, 3.05) is 13.2 Å². The van der Waals surface area contributed by atoms with Gasteiger partial charge in [0.25, 0.3) is 0 Å². The number of nitrogens with zero attached hydrogens (tertiary/aromatic N) is 3. The number of ether oxygens (including phenoxy) is 2. The van der Waals surface area contributed by atoms with Gasteiger partial charge >= 0.3 is 53.4 Å². The van der Waals surface area contributed by atoms with Gasteiger partial charge in [0.15, 0.2) is 5.92 Å². The Morgan fingerprint density at radius 2 is 1.10 bits per heavy atom. The second-order valence-electron chi connectivity index (χ2n) is 10.5. The number of rotatable bonds is 15. The van der Waals surface area contributed by atoms with E-state index in [-0.39, 0.29) is 85.1 Å². The maximum absolute atomic E-state index is 11.4. The van der Waals surface area contributed by atoms with Gasteiger partial charge in [-0.1, -0.05) is 41.5 Å². The molecule has 0 heterocycles. The van der Waals surface area contributed by atoms with E-state index in [2.05, 4.69) is 10.8 Å². The molecule has 0 aromatic carbocycles. The molecular formula is C29H47ClN3NaO8. The van der Waals surface area contributed by atoms with E-state index in [1.165, 1.54) is 0 Å². The Morgan fingerprint density at radius 3 is 1.38 bits per heavy atom. The number of hydrogen-bond acceptors (Lipinski definition) is 9. The first-order valence-corrected chi connectivity index (χ1v) is 13.5. The van der Waals surface area contributed by atoms with Gasteiger partial charge in [-0.2, -0.15) is 15.8 Å². The Bertz CT molecular complexity index is 895.